The van der Waals surface area contributed by atoms with Crippen molar-refractivity contribution >= 4 is 29.3 Å². The SMILES string of the molecule is CSCc1cccc(NC(=O)CNC(=O)c2cc(C)nn2C)c1. The third-order valence-corrected chi connectivity index (χ3v) is 3.79. The molecule has 2 aromatic rings. The van der Waals surface area contributed by atoms with Crippen LogP contribution in [-0.4, -0.2) is 34.4 Å². The van der Waals surface area contributed by atoms with Crippen molar-refractivity contribution in [3.8, 4) is 0 Å². The van der Waals surface area contributed by atoms with Crippen LogP contribution in [0.4, 0.5) is 5.69 Å². The number of carbonyl (C=O) groups excluding carboxylic acids is 2. The summed E-state index contributed by atoms with van der Waals surface area (Å²) >= 11 is 1.72. The molecule has 0 saturated carbocycles. The zero-order valence-corrected chi connectivity index (χ0v) is 14.2. The second kappa shape index (κ2) is 7.82. The van der Waals surface area contributed by atoms with Crippen LogP contribution in [0.15, 0.2) is 30.3 Å². The number of carbonyl (C=O) groups is 2. The van der Waals surface area contributed by atoms with Gasteiger partial charge in [0.1, 0.15) is 5.69 Å². The maximum Gasteiger partial charge on any atom is 0.269 e. The monoisotopic (exact) mass is 332 g/mol. The molecule has 2 rings (SSSR count). The Bertz CT molecular complexity index is 712. The number of nitrogens with zero attached hydrogens (tertiary/aromatic N) is 2. The highest BCUT2D eigenvalue weighted by Crippen LogP contribution is 2.14. The van der Waals surface area contributed by atoms with E-state index in [0.717, 1.165) is 22.7 Å². The lowest BCUT2D eigenvalue weighted by Crippen LogP contribution is -2.33. The van der Waals surface area contributed by atoms with Crippen molar-refractivity contribution in [1.29, 1.82) is 0 Å². The molecule has 0 radical (unpaired) electrons. The first-order valence-corrected chi connectivity index (χ1v) is 8.55. The van der Waals surface area contributed by atoms with Crippen molar-refractivity contribution in [2.75, 3.05) is 18.1 Å². The van der Waals surface area contributed by atoms with Gasteiger partial charge in [0.25, 0.3) is 5.91 Å². The molecule has 0 spiro atoms. The summed E-state index contributed by atoms with van der Waals surface area (Å²) in [5.41, 5.74) is 3.06. The van der Waals surface area contributed by atoms with Crippen molar-refractivity contribution in [2.45, 2.75) is 12.7 Å². The zero-order chi connectivity index (χ0) is 16.8. The van der Waals surface area contributed by atoms with Gasteiger partial charge in [0, 0.05) is 18.5 Å². The Morgan fingerprint density at radius 3 is 2.74 bits per heavy atom. The van der Waals surface area contributed by atoms with Crippen molar-refractivity contribution < 1.29 is 9.59 Å². The molecule has 2 amide bonds. The molecule has 1 aromatic heterocycles. The smallest absolute Gasteiger partial charge is 0.269 e. The highest BCUT2D eigenvalue weighted by molar-refractivity contribution is 7.97. The molecule has 0 unspecified atom stereocenters. The van der Waals surface area contributed by atoms with Crippen LogP contribution < -0.4 is 10.6 Å². The number of nitrogens with one attached hydrogen (secondary N) is 2. The van der Waals surface area contributed by atoms with Crippen LogP contribution in [0.25, 0.3) is 0 Å². The molecule has 23 heavy (non-hydrogen) atoms. The van der Waals surface area contributed by atoms with Crippen molar-refractivity contribution in [3.63, 3.8) is 0 Å². The Labute approximate surface area is 139 Å². The van der Waals surface area contributed by atoms with Gasteiger partial charge in [-0.1, -0.05) is 12.1 Å². The minimum Gasteiger partial charge on any atom is -0.342 e. The maximum absolute atomic E-state index is 12.0. The Balaban J connectivity index is 1.89. The van der Waals surface area contributed by atoms with E-state index in [1.54, 1.807) is 24.9 Å². The third kappa shape index (κ3) is 4.85. The van der Waals surface area contributed by atoms with Gasteiger partial charge in [-0.05, 0) is 36.9 Å². The summed E-state index contributed by atoms with van der Waals surface area (Å²) in [6, 6.07) is 9.35. The number of rotatable bonds is 6. The molecule has 7 heteroatoms. The van der Waals surface area contributed by atoms with Gasteiger partial charge in [0.15, 0.2) is 0 Å². The molecule has 2 N–H and O–H groups in total. The molecule has 0 atom stereocenters. The summed E-state index contributed by atoms with van der Waals surface area (Å²) in [5.74, 6) is 0.304. The minimum atomic E-state index is -0.320. The number of thioether (sulfide) groups is 1. The largest absolute Gasteiger partial charge is 0.342 e. The third-order valence-electron chi connectivity index (χ3n) is 3.17. The van der Waals surface area contributed by atoms with Gasteiger partial charge in [-0.3, -0.25) is 14.3 Å². The summed E-state index contributed by atoms with van der Waals surface area (Å²) < 4.78 is 1.49. The summed E-state index contributed by atoms with van der Waals surface area (Å²) in [7, 11) is 1.69. The normalized spacial score (nSPS) is 10.4. The molecule has 1 heterocycles. The van der Waals surface area contributed by atoms with Gasteiger partial charge < -0.3 is 10.6 Å². The molecule has 0 aliphatic rings. The summed E-state index contributed by atoms with van der Waals surface area (Å²) in [5, 5.41) is 9.49. The van der Waals surface area contributed by atoms with E-state index < -0.39 is 0 Å². The van der Waals surface area contributed by atoms with Crippen LogP contribution in [0.3, 0.4) is 0 Å². The lowest BCUT2D eigenvalue weighted by atomic mass is 10.2. The topological polar surface area (TPSA) is 76.0 Å². The fourth-order valence-corrected chi connectivity index (χ4v) is 2.70. The lowest BCUT2D eigenvalue weighted by Gasteiger charge is -2.08. The zero-order valence-electron chi connectivity index (χ0n) is 13.4. The molecular weight excluding hydrogens is 312 g/mol. The van der Waals surface area contributed by atoms with E-state index in [9.17, 15) is 9.59 Å². The van der Waals surface area contributed by atoms with Crippen LogP contribution in [0.5, 0.6) is 0 Å². The van der Waals surface area contributed by atoms with E-state index in [-0.39, 0.29) is 18.4 Å². The van der Waals surface area contributed by atoms with E-state index in [0.29, 0.717) is 5.69 Å². The van der Waals surface area contributed by atoms with Crippen LogP contribution in [0.2, 0.25) is 0 Å². The molecule has 0 fully saturated rings. The van der Waals surface area contributed by atoms with Crippen LogP contribution in [0.1, 0.15) is 21.7 Å². The average molecular weight is 332 g/mol. The first kappa shape index (κ1) is 17.1. The van der Waals surface area contributed by atoms with E-state index in [1.165, 1.54) is 4.68 Å². The maximum atomic E-state index is 12.0. The molecule has 0 saturated heterocycles. The molecular formula is C16H20N4O2S. The molecule has 0 aliphatic carbocycles. The number of aryl methyl sites for hydroxylation is 2. The Kier molecular flexibility index (Phi) is 5.81. The fourth-order valence-electron chi connectivity index (χ4n) is 2.18. The Hall–Kier alpha value is -2.28. The van der Waals surface area contributed by atoms with Gasteiger partial charge in [-0.15, -0.1) is 0 Å². The quantitative estimate of drug-likeness (QED) is 0.848. The first-order chi connectivity index (χ1) is 11.0. The van der Waals surface area contributed by atoms with Gasteiger partial charge in [-0.2, -0.15) is 16.9 Å². The summed E-state index contributed by atoms with van der Waals surface area (Å²) in [6.07, 6.45) is 2.03. The highest BCUT2D eigenvalue weighted by Gasteiger charge is 2.13. The van der Waals surface area contributed by atoms with Gasteiger partial charge in [0.2, 0.25) is 5.91 Å². The van der Waals surface area contributed by atoms with Crippen LogP contribution in [-0.2, 0) is 17.6 Å². The van der Waals surface area contributed by atoms with Crippen molar-refractivity contribution in [1.82, 2.24) is 15.1 Å². The van der Waals surface area contributed by atoms with E-state index in [4.69, 9.17) is 0 Å². The standard InChI is InChI=1S/C16H20N4O2S/c1-11-7-14(20(2)19-11)16(22)17-9-15(21)18-13-6-4-5-12(8-13)10-23-3/h4-8H,9-10H2,1-3H3,(H,17,22)(H,18,21). The van der Waals surface area contributed by atoms with Gasteiger partial charge in [0.05, 0.1) is 12.2 Å². The first-order valence-electron chi connectivity index (χ1n) is 7.16. The van der Waals surface area contributed by atoms with E-state index in [2.05, 4.69) is 15.7 Å². The highest BCUT2D eigenvalue weighted by atomic mass is 32.2. The second-order valence-electron chi connectivity index (χ2n) is 5.16. The van der Waals surface area contributed by atoms with E-state index >= 15 is 0 Å². The average Bonchev–Trinajstić information content (AvgIpc) is 2.84. The summed E-state index contributed by atoms with van der Waals surface area (Å²) in [4.78, 5) is 24.0. The molecule has 0 aliphatic heterocycles. The van der Waals surface area contributed by atoms with Gasteiger partial charge in [-0.25, -0.2) is 0 Å². The predicted octanol–water partition coefficient (Wildman–Crippen LogP) is 1.96. The number of aromatic nitrogens is 2. The number of hydrogen-bond donors (Lipinski definition) is 2. The number of hydrogen-bond acceptors (Lipinski definition) is 4. The fraction of sp³-hybridized carbons (Fsp3) is 0.312. The number of amides is 2. The molecule has 0 bridgehead atoms. The number of anilines is 1. The Morgan fingerprint density at radius 1 is 1.30 bits per heavy atom. The lowest BCUT2D eigenvalue weighted by molar-refractivity contribution is -0.115. The minimum absolute atomic E-state index is 0.0875. The molecule has 1 aromatic carbocycles. The van der Waals surface area contributed by atoms with Crippen LogP contribution >= 0.6 is 11.8 Å². The molecule has 122 valence electrons. The summed E-state index contributed by atoms with van der Waals surface area (Å²) in [6.45, 7) is 1.72. The Morgan fingerprint density at radius 2 is 2.09 bits per heavy atom. The van der Waals surface area contributed by atoms with Gasteiger partial charge >= 0.3 is 0 Å². The van der Waals surface area contributed by atoms with Crippen molar-refractivity contribution in [2.24, 2.45) is 7.05 Å². The molecule has 6 nitrogen and oxygen atoms in total. The number of benzene rings is 1. The second-order valence-corrected chi connectivity index (χ2v) is 6.02. The van der Waals surface area contributed by atoms with Crippen molar-refractivity contribution in [3.05, 3.63) is 47.3 Å². The predicted molar refractivity (Wildman–Crippen MR) is 92.6 cm³/mol. The van der Waals surface area contributed by atoms with Crippen LogP contribution in [0, 0.1) is 6.92 Å². The van der Waals surface area contributed by atoms with E-state index in [1.807, 2.05) is 37.4 Å².